The van der Waals surface area contributed by atoms with Crippen LogP contribution in [-0.4, -0.2) is 95.3 Å². The number of hydrogen-bond acceptors (Lipinski definition) is 10. The number of benzene rings is 1. The molecule has 2 aliphatic heterocycles. The summed E-state index contributed by atoms with van der Waals surface area (Å²) in [5.41, 5.74) is 12.4. The molecule has 2 amide bonds. The normalized spacial score (nSPS) is 17.8. The molecule has 250 valence electrons. The molecule has 1 atom stereocenters. The molecule has 0 bridgehead atoms. The molecule has 13 heteroatoms. The standard InChI is InChI=1S/C34H47N11O2/c1-4-5-6-10-36-32-31-29(37-34(35)38-32)9-11-43(31)21-27-8-7-26(18-24(27)2)20-42-14-12-41(13-15-42)16-17-44-22-28(39-40-44)23-45-30(46)19-25(3)33(45)47/h7-9,11,18,22,25H,4-6,10,12-17,19-21,23H2,1-3H3,(H3,35,36,37,38). The van der Waals surface area contributed by atoms with Gasteiger partial charge in [-0.1, -0.05) is 50.1 Å². The van der Waals surface area contributed by atoms with E-state index in [1.165, 1.54) is 34.4 Å². The second-order valence-electron chi connectivity index (χ2n) is 13.0. The van der Waals surface area contributed by atoms with Crippen LogP contribution in [0.15, 0.2) is 36.7 Å². The highest BCUT2D eigenvalue weighted by atomic mass is 16.2. The number of nitrogens with two attached hydrogens (primary N) is 1. The average Bonchev–Trinajstić information content (AvgIpc) is 3.74. The van der Waals surface area contributed by atoms with Crippen LogP contribution in [0.1, 0.15) is 61.9 Å². The molecule has 0 aliphatic carbocycles. The summed E-state index contributed by atoms with van der Waals surface area (Å²) in [6.45, 7) is 14.5. The zero-order chi connectivity index (χ0) is 32.9. The molecule has 3 N–H and O–H groups in total. The van der Waals surface area contributed by atoms with Crippen LogP contribution in [0.2, 0.25) is 0 Å². The quantitative estimate of drug-likeness (QED) is 0.156. The third kappa shape index (κ3) is 7.79. The average molecular weight is 642 g/mol. The summed E-state index contributed by atoms with van der Waals surface area (Å²) in [7, 11) is 0. The van der Waals surface area contributed by atoms with Gasteiger partial charge in [-0.15, -0.1) is 5.10 Å². The number of nitrogens with zero attached hydrogens (tertiary/aromatic N) is 9. The number of nitrogens with one attached hydrogen (secondary N) is 1. The number of likely N-dealkylation sites (tertiary alicyclic amines) is 1. The number of unbranched alkanes of at least 4 members (excludes halogenated alkanes) is 2. The Morgan fingerprint density at radius 1 is 0.979 bits per heavy atom. The number of imide groups is 1. The Hall–Kier alpha value is -4.36. The topological polar surface area (TPSA) is 143 Å². The van der Waals surface area contributed by atoms with Gasteiger partial charge in [-0.25, -0.2) is 4.98 Å². The molecule has 13 nitrogen and oxygen atoms in total. The van der Waals surface area contributed by atoms with Gasteiger partial charge in [0.05, 0.1) is 24.8 Å². The number of rotatable bonds is 14. The van der Waals surface area contributed by atoms with Crippen molar-refractivity contribution in [3.63, 3.8) is 0 Å². The Bertz CT molecular complexity index is 1710. The van der Waals surface area contributed by atoms with Crippen LogP contribution in [-0.2, 0) is 35.8 Å². The van der Waals surface area contributed by atoms with Gasteiger partial charge in [-0.3, -0.25) is 29.0 Å². The van der Waals surface area contributed by atoms with Crippen LogP contribution in [0.5, 0.6) is 0 Å². The Morgan fingerprint density at radius 2 is 1.79 bits per heavy atom. The molecule has 4 aromatic rings. The number of carbonyl (C=O) groups is 2. The molecular formula is C34H47N11O2. The molecule has 47 heavy (non-hydrogen) atoms. The molecule has 2 saturated heterocycles. The summed E-state index contributed by atoms with van der Waals surface area (Å²) >= 11 is 0. The molecule has 5 heterocycles. The van der Waals surface area contributed by atoms with E-state index in [9.17, 15) is 9.59 Å². The van der Waals surface area contributed by atoms with Crippen LogP contribution in [0.25, 0.3) is 11.0 Å². The minimum Gasteiger partial charge on any atom is -0.368 e. The number of amides is 2. The number of anilines is 2. The number of nitrogen functional groups attached to an aromatic ring is 1. The predicted molar refractivity (Wildman–Crippen MR) is 181 cm³/mol. The predicted octanol–water partition coefficient (Wildman–Crippen LogP) is 3.28. The minimum absolute atomic E-state index is 0.124. The van der Waals surface area contributed by atoms with Gasteiger partial charge >= 0.3 is 0 Å². The van der Waals surface area contributed by atoms with Gasteiger partial charge in [0.2, 0.25) is 17.8 Å². The fraction of sp³-hybridized carbons (Fsp3) is 0.529. The van der Waals surface area contributed by atoms with Crippen LogP contribution >= 0.6 is 0 Å². The third-order valence-electron chi connectivity index (χ3n) is 9.34. The van der Waals surface area contributed by atoms with Crippen molar-refractivity contribution < 1.29 is 9.59 Å². The molecule has 0 radical (unpaired) electrons. The van der Waals surface area contributed by atoms with Gasteiger partial charge < -0.3 is 15.6 Å². The van der Waals surface area contributed by atoms with E-state index in [-0.39, 0.29) is 30.7 Å². The summed E-state index contributed by atoms with van der Waals surface area (Å²) in [6, 6.07) is 8.84. The fourth-order valence-electron chi connectivity index (χ4n) is 6.55. The largest absolute Gasteiger partial charge is 0.368 e. The highest BCUT2D eigenvalue weighted by Crippen LogP contribution is 2.25. The molecule has 2 aliphatic rings. The number of fused-ring (bicyclic) bond motifs is 1. The van der Waals surface area contributed by atoms with Crippen molar-refractivity contribution in [2.24, 2.45) is 5.92 Å². The monoisotopic (exact) mass is 641 g/mol. The summed E-state index contributed by atoms with van der Waals surface area (Å²) < 4.78 is 4.03. The van der Waals surface area contributed by atoms with Crippen molar-refractivity contribution in [3.8, 4) is 0 Å². The first kappa shape index (κ1) is 32.6. The van der Waals surface area contributed by atoms with Crippen LogP contribution < -0.4 is 11.1 Å². The molecule has 1 aromatic carbocycles. The first-order valence-electron chi connectivity index (χ1n) is 16.9. The first-order valence-corrected chi connectivity index (χ1v) is 16.9. The van der Waals surface area contributed by atoms with Crippen molar-refractivity contribution >= 4 is 34.6 Å². The lowest BCUT2D eigenvalue weighted by Gasteiger charge is -2.34. The van der Waals surface area contributed by atoms with Gasteiger partial charge in [-0.05, 0) is 36.1 Å². The van der Waals surface area contributed by atoms with Gasteiger partial charge in [0.25, 0.3) is 0 Å². The first-order chi connectivity index (χ1) is 22.8. The van der Waals surface area contributed by atoms with E-state index in [2.05, 4.69) is 78.2 Å². The zero-order valence-corrected chi connectivity index (χ0v) is 27.9. The van der Waals surface area contributed by atoms with Crippen molar-refractivity contribution in [3.05, 3.63) is 59.0 Å². The van der Waals surface area contributed by atoms with Crippen molar-refractivity contribution in [1.29, 1.82) is 0 Å². The Kier molecular flexibility index (Phi) is 10.1. The summed E-state index contributed by atoms with van der Waals surface area (Å²) in [6.07, 6.45) is 7.65. The van der Waals surface area contributed by atoms with Crippen molar-refractivity contribution in [2.75, 3.05) is 50.3 Å². The lowest BCUT2D eigenvalue weighted by atomic mass is 10.0. The molecule has 0 spiro atoms. The molecular weight excluding hydrogens is 594 g/mol. The maximum Gasteiger partial charge on any atom is 0.232 e. The summed E-state index contributed by atoms with van der Waals surface area (Å²) in [5.74, 6) is 0.592. The van der Waals surface area contributed by atoms with Crippen LogP contribution in [0, 0.1) is 12.8 Å². The van der Waals surface area contributed by atoms with E-state index >= 15 is 0 Å². The highest BCUT2D eigenvalue weighted by Gasteiger charge is 2.35. The maximum absolute atomic E-state index is 12.2. The molecule has 1 unspecified atom stereocenters. The number of aryl methyl sites for hydroxylation is 1. The Balaban J connectivity index is 0.982. The highest BCUT2D eigenvalue weighted by molar-refractivity contribution is 6.03. The van der Waals surface area contributed by atoms with E-state index < -0.39 is 0 Å². The zero-order valence-electron chi connectivity index (χ0n) is 27.9. The maximum atomic E-state index is 12.2. The smallest absolute Gasteiger partial charge is 0.232 e. The molecule has 6 rings (SSSR count). The fourth-order valence-corrected chi connectivity index (χ4v) is 6.55. The van der Waals surface area contributed by atoms with Crippen molar-refractivity contribution in [2.45, 2.75) is 72.6 Å². The molecule has 0 saturated carbocycles. The van der Waals surface area contributed by atoms with E-state index in [4.69, 9.17) is 5.73 Å². The lowest BCUT2D eigenvalue weighted by Crippen LogP contribution is -2.46. The number of piperazine rings is 1. The van der Waals surface area contributed by atoms with E-state index in [1.54, 1.807) is 6.92 Å². The second-order valence-corrected chi connectivity index (χ2v) is 13.0. The van der Waals surface area contributed by atoms with E-state index in [1.807, 2.05) is 16.9 Å². The Labute approximate surface area is 276 Å². The lowest BCUT2D eigenvalue weighted by molar-refractivity contribution is -0.140. The number of carbonyl (C=O) groups excluding carboxylic acids is 2. The number of hydrogen-bond donors (Lipinski definition) is 2. The molecule has 2 fully saturated rings. The third-order valence-corrected chi connectivity index (χ3v) is 9.34. The van der Waals surface area contributed by atoms with Crippen LogP contribution in [0.3, 0.4) is 0 Å². The van der Waals surface area contributed by atoms with Crippen LogP contribution in [0.4, 0.5) is 11.8 Å². The summed E-state index contributed by atoms with van der Waals surface area (Å²) in [5, 5.41) is 11.9. The summed E-state index contributed by atoms with van der Waals surface area (Å²) in [4.78, 5) is 39.6. The number of aromatic nitrogens is 6. The SMILES string of the molecule is CCCCCNc1nc(N)nc2ccn(Cc3ccc(CN4CCN(CCn5cc(CN6C(=O)CC(C)C6=O)nn5)CC4)cc3C)c12. The van der Waals surface area contributed by atoms with Gasteiger partial charge in [0, 0.05) is 70.9 Å². The Morgan fingerprint density at radius 3 is 2.53 bits per heavy atom. The molecule has 3 aromatic heterocycles. The van der Waals surface area contributed by atoms with Gasteiger partial charge in [0.15, 0.2) is 5.82 Å². The van der Waals surface area contributed by atoms with Crippen molar-refractivity contribution in [1.82, 2.24) is 44.2 Å². The minimum atomic E-state index is -0.246. The van der Waals surface area contributed by atoms with E-state index in [0.717, 1.165) is 82.2 Å². The van der Waals surface area contributed by atoms with Gasteiger partial charge in [0.1, 0.15) is 11.2 Å². The second kappa shape index (κ2) is 14.6. The van der Waals surface area contributed by atoms with E-state index in [0.29, 0.717) is 11.6 Å². The van der Waals surface area contributed by atoms with Gasteiger partial charge in [-0.2, -0.15) is 4.98 Å².